The van der Waals surface area contributed by atoms with Crippen molar-refractivity contribution in [1.82, 2.24) is 9.71 Å². The SMILES string of the molecule is O=C(NS(=O)(=O)CCO)c1cnc(OCC23CC4CC(CC(C4)C2)C3)c(C2CC2)c1. The Bertz CT molecular complexity index is 906. The van der Waals surface area contributed by atoms with E-state index in [0.717, 1.165) is 36.2 Å². The van der Waals surface area contributed by atoms with Crippen LogP contribution >= 0.6 is 0 Å². The second kappa shape index (κ2) is 7.48. The van der Waals surface area contributed by atoms with Gasteiger partial charge in [0.1, 0.15) is 0 Å². The van der Waals surface area contributed by atoms with Gasteiger partial charge in [-0.2, -0.15) is 0 Å². The maximum Gasteiger partial charge on any atom is 0.266 e. The van der Waals surface area contributed by atoms with E-state index in [1.165, 1.54) is 44.7 Å². The van der Waals surface area contributed by atoms with E-state index >= 15 is 0 Å². The van der Waals surface area contributed by atoms with E-state index in [1.54, 1.807) is 6.07 Å². The van der Waals surface area contributed by atoms with Crippen molar-refractivity contribution < 1.29 is 23.1 Å². The van der Waals surface area contributed by atoms with Crippen molar-refractivity contribution in [2.45, 2.75) is 57.3 Å². The van der Waals surface area contributed by atoms with Crippen LogP contribution in [-0.2, 0) is 10.0 Å². The molecular weight excluding hydrogens is 404 g/mol. The minimum Gasteiger partial charge on any atom is -0.477 e. The maximum absolute atomic E-state index is 12.4. The number of pyridine rings is 1. The largest absolute Gasteiger partial charge is 0.477 e. The summed E-state index contributed by atoms with van der Waals surface area (Å²) in [6.07, 6.45) is 11.4. The second-order valence-corrected chi connectivity index (χ2v) is 11.9. The Balaban J connectivity index is 1.31. The summed E-state index contributed by atoms with van der Waals surface area (Å²) in [5, 5.41) is 8.83. The maximum atomic E-state index is 12.4. The molecule has 1 aromatic heterocycles. The zero-order valence-electron chi connectivity index (χ0n) is 17.2. The van der Waals surface area contributed by atoms with Gasteiger partial charge in [0.2, 0.25) is 15.9 Å². The van der Waals surface area contributed by atoms with E-state index in [1.807, 2.05) is 4.72 Å². The molecule has 7 nitrogen and oxygen atoms in total. The van der Waals surface area contributed by atoms with Crippen LogP contribution in [0, 0.1) is 23.2 Å². The molecule has 5 aliphatic carbocycles. The Kier molecular flexibility index (Phi) is 5.05. The van der Waals surface area contributed by atoms with E-state index in [9.17, 15) is 13.2 Å². The van der Waals surface area contributed by atoms with Gasteiger partial charge in [-0.25, -0.2) is 18.1 Å². The number of sulfonamides is 1. The average Bonchev–Trinajstić information content (AvgIpc) is 3.50. The Hall–Kier alpha value is -1.67. The predicted octanol–water partition coefficient (Wildman–Crippen LogP) is 2.61. The van der Waals surface area contributed by atoms with Gasteiger partial charge in [-0.3, -0.25) is 4.79 Å². The highest BCUT2D eigenvalue weighted by Gasteiger charge is 2.51. The van der Waals surface area contributed by atoms with Crippen molar-refractivity contribution in [3.05, 3.63) is 23.4 Å². The molecule has 6 rings (SSSR count). The van der Waals surface area contributed by atoms with Crippen LogP contribution in [0.5, 0.6) is 5.88 Å². The Labute approximate surface area is 177 Å². The lowest BCUT2D eigenvalue weighted by Gasteiger charge is -2.56. The van der Waals surface area contributed by atoms with Crippen LogP contribution < -0.4 is 9.46 Å². The minimum atomic E-state index is -3.85. The quantitative estimate of drug-likeness (QED) is 0.652. The molecule has 4 bridgehead atoms. The van der Waals surface area contributed by atoms with Gasteiger partial charge >= 0.3 is 0 Å². The number of hydrogen-bond donors (Lipinski definition) is 2. The first-order valence-electron chi connectivity index (χ1n) is 11.1. The molecule has 5 aliphatic rings. The van der Waals surface area contributed by atoms with Crippen LogP contribution in [0.4, 0.5) is 0 Å². The number of rotatable bonds is 8. The van der Waals surface area contributed by atoms with Crippen LogP contribution in [0.1, 0.15) is 73.2 Å². The number of aromatic nitrogens is 1. The molecule has 0 unspecified atom stereocenters. The van der Waals surface area contributed by atoms with Crippen LogP contribution in [0.15, 0.2) is 12.3 Å². The number of hydrogen-bond acceptors (Lipinski definition) is 6. The average molecular weight is 435 g/mol. The highest BCUT2D eigenvalue weighted by Crippen LogP contribution is 2.60. The summed E-state index contributed by atoms with van der Waals surface area (Å²) in [6, 6.07) is 1.73. The molecule has 5 saturated carbocycles. The topological polar surface area (TPSA) is 106 Å². The van der Waals surface area contributed by atoms with E-state index in [2.05, 4.69) is 4.98 Å². The van der Waals surface area contributed by atoms with Crippen molar-refractivity contribution in [3.63, 3.8) is 0 Å². The minimum absolute atomic E-state index is 0.209. The zero-order chi connectivity index (χ0) is 20.9. The van der Waals surface area contributed by atoms with E-state index in [0.29, 0.717) is 18.4 Å². The van der Waals surface area contributed by atoms with Crippen LogP contribution in [0.2, 0.25) is 0 Å². The zero-order valence-corrected chi connectivity index (χ0v) is 18.0. The van der Waals surface area contributed by atoms with E-state index in [4.69, 9.17) is 9.84 Å². The monoisotopic (exact) mass is 434 g/mol. The molecule has 0 saturated heterocycles. The molecule has 0 radical (unpaired) electrons. The fraction of sp³-hybridized carbons (Fsp3) is 0.727. The number of aliphatic hydroxyl groups is 1. The van der Waals surface area contributed by atoms with Crippen molar-refractivity contribution in [2.24, 2.45) is 23.2 Å². The lowest BCUT2D eigenvalue weighted by molar-refractivity contribution is -0.0753. The van der Waals surface area contributed by atoms with Crippen molar-refractivity contribution >= 4 is 15.9 Å². The molecule has 8 heteroatoms. The van der Waals surface area contributed by atoms with Crippen molar-refractivity contribution in [2.75, 3.05) is 19.0 Å². The molecule has 1 heterocycles. The number of carbonyl (C=O) groups excluding carboxylic acids is 1. The van der Waals surface area contributed by atoms with Gasteiger partial charge in [-0.15, -0.1) is 0 Å². The molecule has 0 atom stereocenters. The Morgan fingerprint density at radius 1 is 1.17 bits per heavy atom. The first-order chi connectivity index (χ1) is 14.3. The number of nitrogens with one attached hydrogen (secondary N) is 1. The van der Waals surface area contributed by atoms with Crippen molar-refractivity contribution in [3.8, 4) is 5.88 Å². The number of amides is 1. The fourth-order valence-corrected chi connectivity index (χ4v) is 7.20. The van der Waals surface area contributed by atoms with Crippen LogP contribution in [0.3, 0.4) is 0 Å². The lowest BCUT2D eigenvalue weighted by Crippen LogP contribution is -2.48. The molecule has 0 aliphatic heterocycles. The Morgan fingerprint density at radius 2 is 1.80 bits per heavy atom. The molecule has 5 fully saturated rings. The predicted molar refractivity (Wildman–Crippen MR) is 111 cm³/mol. The molecule has 1 aromatic rings. The van der Waals surface area contributed by atoms with Gasteiger partial charge in [-0.1, -0.05) is 0 Å². The number of aliphatic hydroxyl groups excluding tert-OH is 1. The molecule has 0 aromatic carbocycles. The smallest absolute Gasteiger partial charge is 0.266 e. The van der Waals surface area contributed by atoms with E-state index < -0.39 is 28.3 Å². The molecule has 164 valence electrons. The number of nitrogens with zero attached hydrogens (tertiary/aromatic N) is 1. The van der Waals surface area contributed by atoms with Crippen LogP contribution in [0.25, 0.3) is 0 Å². The molecular formula is C22H30N2O5S. The molecule has 2 N–H and O–H groups in total. The summed E-state index contributed by atoms with van der Waals surface area (Å²) < 4.78 is 31.9. The first kappa shape index (κ1) is 20.2. The third kappa shape index (κ3) is 4.08. The summed E-state index contributed by atoms with van der Waals surface area (Å²) in [4.78, 5) is 16.8. The molecule has 30 heavy (non-hydrogen) atoms. The summed E-state index contributed by atoms with van der Waals surface area (Å²) >= 11 is 0. The standard InChI is InChI=1S/C22H30N2O5S/c25-3-4-30(27,28)24-20(26)18-8-19(17-1-2-17)21(23-12-18)29-13-22-9-14-5-15(10-22)7-16(6-14)11-22/h8,12,14-17,25H,1-7,9-11,13H2,(H,24,26). The Morgan fingerprint density at radius 3 is 2.37 bits per heavy atom. The van der Waals surface area contributed by atoms with Gasteiger partial charge in [-0.05, 0) is 81.1 Å². The van der Waals surface area contributed by atoms with Gasteiger partial charge in [0, 0.05) is 17.2 Å². The number of ether oxygens (including phenoxy) is 1. The van der Waals surface area contributed by atoms with Crippen LogP contribution in [-0.4, -0.2) is 43.4 Å². The third-order valence-electron chi connectivity index (χ3n) is 7.45. The second-order valence-electron chi connectivity index (χ2n) is 10.1. The van der Waals surface area contributed by atoms with Crippen molar-refractivity contribution in [1.29, 1.82) is 0 Å². The summed E-state index contributed by atoms with van der Waals surface area (Å²) in [5.41, 5.74) is 1.40. The number of carbonyl (C=O) groups is 1. The molecule has 0 spiro atoms. The first-order valence-corrected chi connectivity index (χ1v) is 12.8. The fourth-order valence-electron chi connectivity index (χ4n) is 6.46. The van der Waals surface area contributed by atoms with Gasteiger partial charge in [0.15, 0.2) is 0 Å². The van der Waals surface area contributed by atoms with E-state index in [-0.39, 0.29) is 11.0 Å². The third-order valence-corrected chi connectivity index (χ3v) is 8.66. The summed E-state index contributed by atoms with van der Waals surface area (Å²) in [5.74, 6) is 2.29. The van der Waals surface area contributed by atoms with Gasteiger partial charge in [0.25, 0.3) is 5.91 Å². The highest BCUT2D eigenvalue weighted by atomic mass is 32.2. The van der Waals surface area contributed by atoms with Gasteiger partial charge < -0.3 is 9.84 Å². The normalized spacial score (nSPS) is 32.2. The highest BCUT2D eigenvalue weighted by molar-refractivity contribution is 7.90. The molecule has 1 amide bonds. The summed E-state index contributed by atoms with van der Waals surface area (Å²) in [7, 11) is -3.85. The summed E-state index contributed by atoms with van der Waals surface area (Å²) in [6.45, 7) is 0.158. The lowest BCUT2D eigenvalue weighted by atomic mass is 9.50. The van der Waals surface area contributed by atoms with Gasteiger partial charge in [0.05, 0.1) is 24.5 Å².